The van der Waals surface area contributed by atoms with Crippen LogP contribution >= 0.6 is 0 Å². The van der Waals surface area contributed by atoms with Crippen molar-refractivity contribution in [1.82, 2.24) is 0 Å². The average Bonchev–Trinajstić information content (AvgIpc) is 3.10. The molecular formula is C46H80O4. The van der Waals surface area contributed by atoms with Gasteiger partial charge in [-0.15, -0.1) is 0 Å². The highest BCUT2D eigenvalue weighted by Crippen LogP contribution is 2.19. The van der Waals surface area contributed by atoms with Gasteiger partial charge in [0.05, 0.1) is 0 Å². The van der Waals surface area contributed by atoms with Crippen molar-refractivity contribution >= 4 is 11.9 Å². The van der Waals surface area contributed by atoms with E-state index in [2.05, 4.69) is 74.6 Å². The minimum Gasteiger partial charge on any atom is -0.481 e. The van der Waals surface area contributed by atoms with Gasteiger partial charge in [0, 0.05) is 12.8 Å². The number of rotatable bonds is 38. The van der Waals surface area contributed by atoms with Gasteiger partial charge < -0.3 is 9.84 Å². The van der Waals surface area contributed by atoms with E-state index in [4.69, 9.17) is 9.84 Å². The molecule has 1 N–H and O–H groups in total. The summed E-state index contributed by atoms with van der Waals surface area (Å²) >= 11 is 0. The minimum absolute atomic E-state index is 0.00722. The highest BCUT2D eigenvalue weighted by atomic mass is 16.5. The Kier molecular flexibility index (Phi) is 39.1. The van der Waals surface area contributed by atoms with Crippen molar-refractivity contribution in [2.45, 2.75) is 219 Å². The number of ether oxygens (including phenoxy) is 1. The molecule has 0 bridgehead atoms. The van der Waals surface area contributed by atoms with Gasteiger partial charge in [0.25, 0.3) is 0 Å². The molecule has 1 atom stereocenters. The van der Waals surface area contributed by atoms with Crippen LogP contribution in [-0.2, 0) is 14.3 Å². The average molecular weight is 697 g/mol. The first-order valence-corrected chi connectivity index (χ1v) is 21.3. The number of carbonyl (C=O) groups excluding carboxylic acids is 1. The van der Waals surface area contributed by atoms with Crippen molar-refractivity contribution in [3.8, 4) is 0 Å². The predicted molar refractivity (Wildman–Crippen MR) is 218 cm³/mol. The smallest absolute Gasteiger partial charge is 0.306 e. The Morgan fingerprint density at radius 2 is 0.840 bits per heavy atom. The molecule has 0 radical (unpaired) electrons. The molecular weight excluding hydrogens is 617 g/mol. The van der Waals surface area contributed by atoms with E-state index in [1.807, 2.05) is 0 Å². The van der Waals surface area contributed by atoms with Crippen LogP contribution in [-0.4, -0.2) is 23.1 Å². The van der Waals surface area contributed by atoms with Crippen LogP contribution in [0.2, 0.25) is 0 Å². The van der Waals surface area contributed by atoms with Gasteiger partial charge in [-0.3, -0.25) is 9.59 Å². The third-order valence-electron chi connectivity index (χ3n) is 9.25. The highest BCUT2D eigenvalue weighted by molar-refractivity contribution is 5.69. The van der Waals surface area contributed by atoms with Crippen LogP contribution in [0.25, 0.3) is 0 Å². The maximum Gasteiger partial charge on any atom is 0.306 e. The van der Waals surface area contributed by atoms with E-state index >= 15 is 0 Å². The molecule has 50 heavy (non-hydrogen) atoms. The fraction of sp³-hybridized carbons (Fsp3) is 0.739. The Morgan fingerprint density at radius 1 is 0.460 bits per heavy atom. The summed E-state index contributed by atoms with van der Waals surface area (Å²) in [6.07, 6.45) is 56.8. The lowest BCUT2D eigenvalue weighted by molar-refractivity contribution is -0.150. The van der Waals surface area contributed by atoms with E-state index in [0.717, 1.165) is 96.3 Å². The highest BCUT2D eigenvalue weighted by Gasteiger charge is 2.14. The van der Waals surface area contributed by atoms with Crippen molar-refractivity contribution in [2.24, 2.45) is 0 Å². The van der Waals surface area contributed by atoms with Crippen LogP contribution in [0, 0.1) is 0 Å². The van der Waals surface area contributed by atoms with Gasteiger partial charge in [0.1, 0.15) is 6.10 Å². The van der Waals surface area contributed by atoms with Gasteiger partial charge >= 0.3 is 11.9 Å². The summed E-state index contributed by atoms with van der Waals surface area (Å²) in [4.78, 5) is 23.3. The van der Waals surface area contributed by atoms with E-state index in [-0.39, 0.29) is 12.1 Å². The van der Waals surface area contributed by atoms with Crippen molar-refractivity contribution in [1.29, 1.82) is 0 Å². The van der Waals surface area contributed by atoms with Gasteiger partial charge in [-0.25, -0.2) is 0 Å². The third kappa shape index (κ3) is 40.1. The number of carboxylic acid groups (broad SMARTS) is 1. The SMILES string of the molecule is CC/C=C\C/C=C\C/C=C\C/C=C\C/C=C\CCCCCC(=O)OC(CCCCCCCCCC)CCCCCCCCCCCCC(=O)O. The fourth-order valence-corrected chi connectivity index (χ4v) is 6.15. The second-order valence-electron chi connectivity index (χ2n) is 14.2. The lowest BCUT2D eigenvalue weighted by atomic mass is 10.0. The van der Waals surface area contributed by atoms with E-state index in [9.17, 15) is 9.59 Å². The number of aliphatic carboxylic acids is 1. The molecule has 0 fully saturated rings. The zero-order valence-electron chi connectivity index (χ0n) is 32.9. The zero-order chi connectivity index (χ0) is 36.4. The number of carbonyl (C=O) groups is 2. The maximum absolute atomic E-state index is 12.7. The molecule has 0 aliphatic heterocycles. The molecule has 1 unspecified atom stereocenters. The summed E-state index contributed by atoms with van der Waals surface area (Å²) in [5.41, 5.74) is 0. The van der Waals surface area contributed by atoms with Gasteiger partial charge in [0.15, 0.2) is 0 Å². The number of hydrogen-bond donors (Lipinski definition) is 1. The molecule has 0 aliphatic rings. The quantitative estimate of drug-likeness (QED) is 0.0396. The molecule has 0 heterocycles. The first-order chi connectivity index (χ1) is 24.6. The van der Waals surface area contributed by atoms with Crippen LogP contribution in [0.15, 0.2) is 60.8 Å². The lowest BCUT2D eigenvalue weighted by Gasteiger charge is -2.18. The van der Waals surface area contributed by atoms with Crippen LogP contribution < -0.4 is 0 Å². The molecule has 0 aromatic rings. The number of unbranched alkanes of at least 4 members (excludes halogenated alkanes) is 19. The Balaban J connectivity index is 4.10. The molecule has 0 aliphatic carbocycles. The number of esters is 1. The van der Waals surface area contributed by atoms with Crippen LogP contribution in [0.1, 0.15) is 213 Å². The van der Waals surface area contributed by atoms with Gasteiger partial charge in [-0.05, 0) is 83.5 Å². The second-order valence-corrected chi connectivity index (χ2v) is 14.2. The van der Waals surface area contributed by atoms with E-state index in [0.29, 0.717) is 12.8 Å². The number of carboxylic acids is 1. The molecule has 0 amide bonds. The molecule has 0 rings (SSSR count). The summed E-state index contributed by atoms with van der Waals surface area (Å²) in [5.74, 6) is -0.670. The maximum atomic E-state index is 12.7. The van der Waals surface area contributed by atoms with Crippen molar-refractivity contribution in [2.75, 3.05) is 0 Å². The van der Waals surface area contributed by atoms with E-state index < -0.39 is 5.97 Å². The van der Waals surface area contributed by atoms with Crippen LogP contribution in [0.5, 0.6) is 0 Å². The standard InChI is InChI=1S/C46H80O4/c1-3-5-7-9-11-13-14-15-16-17-18-19-20-21-22-27-31-35-39-43-46(49)50-44(40-36-32-28-12-10-8-6-4-2)41-37-33-29-25-23-24-26-30-34-38-42-45(47)48/h5,7,11,13,15-16,18-19,21-22,44H,3-4,6,8-10,12,14,17,20,23-43H2,1-2H3,(H,47,48)/b7-5-,13-11-,16-15-,19-18-,22-21-. The van der Waals surface area contributed by atoms with Crippen LogP contribution in [0.3, 0.4) is 0 Å². The second kappa shape index (κ2) is 41.1. The van der Waals surface area contributed by atoms with Gasteiger partial charge in [-0.1, -0.05) is 177 Å². The monoisotopic (exact) mass is 697 g/mol. The third-order valence-corrected chi connectivity index (χ3v) is 9.25. The molecule has 4 nitrogen and oxygen atoms in total. The van der Waals surface area contributed by atoms with Gasteiger partial charge in [-0.2, -0.15) is 0 Å². The first kappa shape index (κ1) is 47.6. The first-order valence-electron chi connectivity index (χ1n) is 21.3. The summed E-state index contributed by atoms with van der Waals surface area (Å²) < 4.78 is 6.05. The lowest BCUT2D eigenvalue weighted by Crippen LogP contribution is -2.18. The molecule has 0 aromatic heterocycles. The Hall–Kier alpha value is -2.36. The summed E-state index contributed by atoms with van der Waals surface area (Å²) in [7, 11) is 0. The van der Waals surface area contributed by atoms with E-state index in [1.54, 1.807) is 0 Å². The molecule has 288 valence electrons. The summed E-state index contributed by atoms with van der Waals surface area (Å²) in [6, 6.07) is 0. The molecule has 0 saturated carbocycles. The summed E-state index contributed by atoms with van der Waals surface area (Å²) in [6.45, 7) is 4.43. The number of hydrogen-bond acceptors (Lipinski definition) is 3. The van der Waals surface area contributed by atoms with Crippen molar-refractivity contribution in [3.05, 3.63) is 60.8 Å². The van der Waals surface area contributed by atoms with Gasteiger partial charge in [0.2, 0.25) is 0 Å². The molecule has 0 aromatic carbocycles. The van der Waals surface area contributed by atoms with Crippen LogP contribution in [0.4, 0.5) is 0 Å². The predicted octanol–water partition coefficient (Wildman–Crippen LogP) is 14.9. The van der Waals surface area contributed by atoms with Crippen molar-refractivity contribution in [3.63, 3.8) is 0 Å². The molecule has 4 heteroatoms. The molecule has 0 saturated heterocycles. The Labute approximate surface area is 310 Å². The minimum atomic E-state index is -0.677. The zero-order valence-corrected chi connectivity index (χ0v) is 32.9. The van der Waals surface area contributed by atoms with E-state index in [1.165, 1.54) is 89.9 Å². The largest absolute Gasteiger partial charge is 0.481 e. The Bertz CT molecular complexity index is 881. The topological polar surface area (TPSA) is 63.6 Å². The van der Waals surface area contributed by atoms with Crippen molar-refractivity contribution < 1.29 is 19.4 Å². The molecule has 0 spiro atoms. The Morgan fingerprint density at radius 3 is 1.30 bits per heavy atom. The fourth-order valence-electron chi connectivity index (χ4n) is 6.15. The summed E-state index contributed by atoms with van der Waals surface area (Å²) in [5, 5.41) is 8.73. The normalized spacial score (nSPS) is 12.8. The number of allylic oxidation sites excluding steroid dienone is 10.